The number of aliphatic carboxylic acids is 1. The molecule has 1 aromatic rings. The summed E-state index contributed by atoms with van der Waals surface area (Å²) >= 11 is 13.4. The Balaban J connectivity index is 2.21. The van der Waals surface area contributed by atoms with Crippen LogP contribution in [-0.2, 0) is 4.79 Å². The number of carboxylic acid groups (broad SMARTS) is 1. The summed E-state index contributed by atoms with van der Waals surface area (Å²) in [5.74, 6) is -0.629. The number of hydrogen-bond donors (Lipinski definition) is 2. The van der Waals surface area contributed by atoms with Gasteiger partial charge in [0.15, 0.2) is 0 Å². The van der Waals surface area contributed by atoms with Crippen LogP contribution in [0.15, 0.2) is 18.2 Å². The molecule has 0 saturated carbocycles. The molecule has 0 bridgehead atoms. The number of hydrogen-bond acceptors (Lipinski definition) is 3. The molecule has 1 saturated heterocycles. The third-order valence-electron chi connectivity index (χ3n) is 3.15. The minimum atomic E-state index is -1.01. The zero-order chi connectivity index (χ0) is 15.6. The van der Waals surface area contributed by atoms with E-state index in [1.807, 2.05) is 6.92 Å². The van der Waals surface area contributed by atoms with Crippen LogP contribution in [0.5, 0.6) is 0 Å². The largest absolute Gasteiger partial charge is 0.480 e. The first kappa shape index (κ1) is 16.3. The van der Waals surface area contributed by atoms with Crippen molar-refractivity contribution in [2.24, 2.45) is 0 Å². The van der Waals surface area contributed by atoms with Crippen LogP contribution in [0.1, 0.15) is 13.3 Å². The van der Waals surface area contributed by atoms with E-state index < -0.39 is 18.0 Å². The quantitative estimate of drug-likeness (QED) is 0.872. The fraction of sp³-hybridized carbons (Fsp3) is 0.385. The van der Waals surface area contributed by atoms with E-state index in [4.69, 9.17) is 23.2 Å². The maximum Gasteiger partial charge on any atom is 0.327 e. The number of rotatable bonds is 3. The molecule has 1 fully saturated rings. The first-order chi connectivity index (χ1) is 9.95. The van der Waals surface area contributed by atoms with Gasteiger partial charge in [0.05, 0.1) is 21.1 Å². The molecular formula is C13H14Cl2N2O3S. The predicted octanol–water partition coefficient (Wildman–Crippen LogP) is 3.76. The number of carbonyl (C=O) groups is 2. The maximum atomic E-state index is 12.4. The first-order valence-corrected chi connectivity index (χ1v) is 8.14. The average molecular weight is 349 g/mol. The molecule has 1 heterocycles. The van der Waals surface area contributed by atoms with E-state index >= 15 is 0 Å². The van der Waals surface area contributed by atoms with Gasteiger partial charge in [-0.1, -0.05) is 36.2 Å². The van der Waals surface area contributed by atoms with Crippen molar-refractivity contribution in [1.82, 2.24) is 4.90 Å². The average Bonchev–Trinajstić information content (AvgIpc) is 2.88. The van der Waals surface area contributed by atoms with Crippen LogP contribution in [0.2, 0.25) is 10.0 Å². The summed E-state index contributed by atoms with van der Waals surface area (Å²) in [4.78, 5) is 25.0. The second-order valence-corrected chi connectivity index (χ2v) is 6.49. The number of urea groups is 1. The Morgan fingerprint density at radius 2 is 2.19 bits per heavy atom. The molecule has 2 rings (SSSR count). The van der Waals surface area contributed by atoms with Crippen molar-refractivity contribution in [3.8, 4) is 0 Å². The molecule has 1 aliphatic rings. The second-order valence-electron chi connectivity index (χ2n) is 4.49. The zero-order valence-electron chi connectivity index (χ0n) is 11.2. The number of carbonyl (C=O) groups excluding carboxylic acids is 1. The Morgan fingerprint density at radius 3 is 2.81 bits per heavy atom. The molecule has 1 aromatic carbocycles. The lowest BCUT2D eigenvalue weighted by Gasteiger charge is -2.27. The van der Waals surface area contributed by atoms with Crippen LogP contribution < -0.4 is 5.32 Å². The molecule has 5 nitrogen and oxygen atoms in total. The topological polar surface area (TPSA) is 69.6 Å². The monoisotopic (exact) mass is 348 g/mol. The number of amides is 2. The number of thioether (sulfide) groups is 1. The highest BCUT2D eigenvalue weighted by molar-refractivity contribution is 8.00. The van der Waals surface area contributed by atoms with Gasteiger partial charge in [0.25, 0.3) is 0 Å². The molecule has 2 amide bonds. The summed E-state index contributed by atoms with van der Waals surface area (Å²) in [5, 5.41) is 12.3. The van der Waals surface area contributed by atoms with Gasteiger partial charge in [0, 0.05) is 5.75 Å². The normalized spacial score (nSPS) is 21.4. The Bertz CT molecular complexity index is 570. The van der Waals surface area contributed by atoms with Gasteiger partial charge in [-0.25, -0.2) is 9.59 Å². The molecule has 2 atom stereocenters. The van der Waals surface area contributed by atoms with Crippen LogP contribution >= 0.6 is 35.0 Å². The summed E-state index contributed by atoms with van der Waals surface area (Å²) < 4.78 is 0. The van der Waals surface area contributed by atoms with Crippen LogP contribution in [0.25, 0.3) is 0 Å². The lowest BCUT2D eigenvalue weighted by molar-refractivity contribution is -0.141. The van der Waals surface area contributed by atoms with Crippen molar-refractivity contribution in [2.75, 3.05) is 11.1 Å². The molecule has 0 spiro atoms. The van der Waals surface area contributed by atoms with Crippen LogP contribution in [-0.4, -0.2) is 39.2 Å². The highest BCUT2D eigenvalue weighted by Crippen LogP contribution is 2.34. The fourth-order valence-electron chi connectivity index (χ4n) is 2.12. The van der Waals surface area contributed by atoms with E-state index in [0.29, 0.717) is 22.9 Å². The standard InChI is InChI=1S/C13H14Cl2N2O3S/c1-2-10-17(9(6-21-10)12(18)19)13(20)16-8-5-3-4-7(14)11(8)15/h3-5,9-10H,2,6H2,1H3,(H,16,20)(H,18,19). The third-order valence-corrected chi connectivity index (χ3v) is 5.43. The van der Waals surface area contributed by atoms with Gasteiger partial charge >= 0.3 is 12.0 Å². The van der Waals surface area contributed by atoms with Crippen molar-refractivity contribution in [1.29, 1.82) is 0 Å². The summed E-state index contributed by atoms with van der Waals surface area (Å²) in [5.41, 5.74) is 0.366. The molecular weight excluding hydrogens is 335 g/mol. The van der Waals surface area contributed by atoms with Gasteiger partial charge in [-0.15, -0.1) is 11.8 Å². The van der Waals surface area contributed by atoms with E-state index in [1.165, 1.54) is 16.7 Å². The Kier molecular flexibility index (Phi) is 5.24. The molecule has 2 unspecified atom stereocenters. The predicted molar refractivity (Wildman–Crippen MR) is 85.3 cm³/mol. The van der Waals surface area contributed by atoms with Crippen molar-refractivity contribution < 1.29 is 14.7 Å². The molecule has 1 aliphatic heterocycles. The number of halogens is 2. The molecule has 0 aromatic heterocycles. The summed E-state index contributed by atoms with van der Waals surface area (Å²) in [6, 6.07) is 3.57. The van der Waals surface area contributed by atoms with Crippen LogP contribution in [0, 0.1) is 0 Å². The van der Waals surface area contributed by atoms with Gasteiger partial charge in [-0.2, -0.15) is 0 Å². The summed E-state index contributed by atoms with van der Waals surface area (Å²) in [7, 11) is 0. The molecule has 0 aliphatic carbocycles. The number of anilines is 1. The van der Waals surface area contributed by atoms with Crippen molar-refractivity contribution >= 4 is 52.7 Å². The minimum Gasteiger partial charge on any atom is -0.480 e. The van der Waals surface area contributed by atoms with Crippen molar-refractivity contribution in [2.45, 2.75) is 24.8 Å². The van der Waals surface area contributed by atoms with E-state index in [1.54, 1.807) is 18.2 Å². The van der Waals surface area contributed by atoms with Gasteiger partial charge in [0.2, 0.25) is 0 Å². The Labute approximate surface area is 136 Å². The lowest BCUT2D eigenvalue weighted by Crippen LogP contribution is -2.47. The molecule has 2 N–H and O–H groups in total. The smallest absolute Gasteiger partial charge is 0.327 e. The second kappa shape index (κ2) is 6.77. The highest BCUT2D eigenvalue weighted by atomic mass is 35.5. The first-order valence-electron chi connectivity index (χ1n) is 6.33. The minimum absolute atomic E-state index is 0.163. The van der Waals surface area contributed by atoms with Crippen LogP contribution in [0.3, 0.4) is 0 Å². The third kappa shape index (κ3) is 3.39. The molecule has 21 heavy (non-hydrogen) atoms. The number of benzene rings is 1. The van der Waals surface area contributed by atoms with Gasteiger partial charge < -0.3 is 10.4 Å². The molecule has 0 radical (unpaired) electrons. The van der Waals surface area contributed by atoms with Crippen LogP contribution in [0.4, 0.5) is 10.5 Å². The lowest BCUT2D eigenvalue weighted by atomic mass is 10.2. The van der Waals surface area contributed by atoms with E-state index in [-0.39, 0.29) is 10.4 Å². The van der Waals surface area contributed by atoms with Gasteiger partial charge in [-0.05, 0) is 18.6 Å². The highest BCUT2D eigenvalue weighted by Gasteiger charge is 2.41. The Hall–Kier alpha value is -1.11. The fourth-order valence-corrected chi connectivity index (χ4v) is 3.82. The maximum absolute atomic E-state index is 12.4. The van der Waals surface area contributed by atoms with Crippen molar-refractivity contribution in [3.05, 3.63) is 28.2 Å². The number of nitrogens with zero attached hydrogens (tertiary/aromatic N) is 1. The zero-order valence-corrected chi connectivity index (χ0v) is 13.5. The number of carboxylic acids is 1. The SMILES string of the molecule is CCC1SCC(C(=O)O)N1C(=O)Nc1cccc(Cl)c1Cl. The van der Waals surface area contributed by atoms with E-state index in [9.17, 15) is 14.7 Å². The molecule has 8 heteroatoms. The number of nitrogens with one attached hydrogen (secondary N) is 1. The van der Waals surface area contributed by atoms with E-state index in [2.05, 4.69) is 5.32 Å². The summed E-state index contributed by atoms with van der Waals surface area (Å²) in [6.07, 6.45) is 0.672. The van der Waals surface area contributed by atoms with E-state index in [0.717, 1.165) is 0 Å². The van der Waals surface area contributed by atoms with Crippen molar-refractivity contribution in [3.63, 3.8) is 0 Å². The van der Waals surface area contributed by atoms with Gasteiger partial charge in [0.1, 0.15) is 6.04 Å². The summed E-state index contributed by atoms with van der Waals surface area (Å²) in [6.45, 7) is 1.91. The van der Waals surface area contributed by atoms with Gasteiger partial charge in [-0.3, -0.25) is 4.90 Å². The molecule has 114 valence electrons. The Morgan fingerprint density at radius 1 is 1.48 bits per heavy atom.